The van der Waals surface area contributed by atoms with Gasteiger partial charge in [0.1, 0.15) is 0 Å². The first-order chi connectivity index (χ1) is 16.6. The van der Waals surface area contributed by atoms with Crippen LogP contribution in [-0.2, 0) is 11.2 Å². The molecule has 0 aliphatic carbocycles. The summed E-state index contributed by atoms with van der Waals surface area (Å²) in [5.74, 6) is 0.149. The lowest BCUT2D eigenvalue weighted by molar-refractivity contribution is -0.128. The highest BCUT2D eigenvalue weighted by atomic mass is 16.1. The van der Waals surface area contributed by atoms with Crippen molar-refractivity contribution in [2.24, 2.45) is 11.8 Å². The monoisotopic (exact) mass is 454 g/mol. The molecule has 0 spiro atoms. The van der Waals surface area contributed by atoms with Gasteiger partial charge in [-0.1, -0.05) is 90.0 Å². The van der Waals surface area contributed by atoms with Crippen LogP contribution in [-0.4, -0.2) is 18.6 Å². The van der Waals surface area contributed by atoms with Gasteiger partial charge in [0.05, 0.1) is 12.2 Å². The molecule has 2 aliphatic heterocycles. The predicted octanol–water partition coefficient (Wildman–Crippen LogP) is 4.10. The number of nitrogens with one attached hydrogen (secondary N) is 4. The number of benzene rings is 3. The van der Waals surface area contributed by atoms with E-state index in [1.54, 1.807) is 0 Å². The molecule has 5 atom stereocenters. The van der Waals surface area contributed by atoms with E-state index in [0.29, 0.717) is 6.54 Å². The lowest BCUT2D eigenvalue weighted by Crippen LogP contribution is -2.54. The highest BCUT2D eigenvalue weighted by Gasteiger charge is 2.49. The summed E-state index contributed by atoms with van der Waals surface area (Å²) in [6, 6.07) is 27.8. The molecule has 2 heterocycles. The molecule has 5 unspecified atom stereocenters. The van der Waals surface area contributed by atoms with Crippen molar-refractivity contribution in [3.05, 3.63) is 107 Å². The largest absolute Gasteiger partial charge is 0.356 e. The molecule has 0 saturated carbocycles. The van der Waals surface area contributed by atoms with Crippen molar-refractivity contribution in [3.63, 3.8) is 0 Å². The van der Waals surface area contributed by atoms with E-state index in [1.165, 1.54) is 27.8 Å². The van der Waals surface area contributed by atoms with E-state index in [0.717, 1.165) is 12.8 Å². The van der Waals surface area contributed by atoms with Gasteiger partial charge in [-0.3, -0.25) is 10.1 Å². The minimum Gasteiger partial charge on any atom is -0.356 e. The van der Waals surface area contributed by atoms with Crippen LogP contribution in [0.4, 0.5) is 0 Å². The SMILES string of the molecule is Cc1ccc(C2CC(C(=O)NCCc3ccccc3)C3C(NNC3c3ccc(C)cc3)N2)cc1. The summed E-state index contributed by atoms with van der Waals surface area (Å²) in [4.78, 5) is 13.6. The zero-order valence-electron chi connectivity index (χ0n) is 19.9. The normalized spacial score (nSPS) is 26.1. The molecule has 5 nitrogen and oxygen atoms in total. The Bertz CT molecular complexity index is 1100. The standard InChI is InChI=1S/C29H34N4O/c1-19-8-12-22(13-9-19)25-18-24(29(34)30-17-16-21-6-4-3-5-7-21)26-27(32-33-28(26)31-25)23-14-10-20(2)11-15-23/h3-15,24-28,31-33H,16-18H2,1-2H3,(H,30,34). The highest BCUT2D eigenvalue weighted by Crippen LogP contribution is 2.42. The van der Waals surface area contributed by atoms with Gasteiger partial charge in [0.2, 0.25) is 5.91 Å². The molecular weight excluding hydrogens is 420 g/mol. The number of hydrogen-bond acceptors (Lipinski definition) is 4. The number of aryl methyl sites for hydroxylation is 2. The van der Waals surface area contributed by atoms with E-state index in [1.807, 2.05) is 18.2 Å². The van der Waals surface area contributed by atoms with Crippen molar-refractivity contribution in [2.45, 2.75) is 44.9 Å². The smallest absolute Gasteiger partial charge is 0.223 e. The van der Waals surface area contributed by atoms with Crippen LogP contribution in [0.5, 0.6) is 0 Å². The van der Waals surface area contributed by atoms with Gasteiger partial charge >= 0.3 is 0 Å². The quantitative estimate of drug-likeness (QED) is 0.453. The Morgan fingerprint density at radius 3 is 2.18 bits per heavy atom. The van der Waals surface area contributed by atoms with Crippen LogP contribution in [0.2, 0.25) is 0 Å². The predicted molar refractivity (Wildman–Crippen MR) is 136 cm³/mol. The molecule has 1 amide bonds. The molecule has 5 rings (SSSR count). The Kier molecular flexibility index (Phi) is 6.77. The van der Waals surface area contributed by atoms with E-state index >= 15 is 0 Å². The van der Waals surface area contributed by atoms with Crippen LogP contribution in [0.15, 0.2) is 78.9 Å². The van der Waals surface area contributed by atoms with Crippen LogP contribution in [0.1, 0.15) is 46.3 Å². The third-order valence-electron chi connectivity index (χ3n) is 7.31. The lowest BCUT2D eigenvalue weighted by Gasteiger charge is -2.40. The van der Waals surface area contributed by atoms with Gasteiger partial charge in [0, 0.05) is 24.4 Å². The first-order valence-corrected chi connectivity index (χ1v) is 12.3. The van der Waals surface area contributed by atoms with Gasteiger partial charge in [0.15, 0.2) is 0 Å². The second-order valence-electron chi connectivity index (χ2n) is 9.73. The van der Waals surface area contributed by atoms with E-state index in [2.05, 4.69) is 96.0 Å². The molecule has 3 aromatic carbocycles. The molecule has 2 saturated heterocycles. The van der Waals surface area contributed by atoms with E-state index in [4.69, 9.17) is 0 Å². The first-order valence-electron chi connectivity index (χ1n) is 12.3. The summed E-state index contributed by atoms with van der Waals surface area (Å²) in [6.07, 6.45) is 1.62. The number of amides is 1. The first kappa shape index (κ1) is 22.8. The third-order valence-corrected chi connectivity index (χ3v) is 7.31. The van der Waals surface area contributed by atoms with Gasteiger partial charge in [-0.2, -0.15) is 0 Å². The van der Waals surface area contributed by atoms with Crippen molar-refractivity contribution in [3.8, 4) is 0 Å². The molecule has 0 radical (unpaired) electrons. The number of fused-ring (bicyclic) bond motifs is 1. The van der Waals surface area contributed by atoms with E-state index < -0.39 is 0 Å². The van der Waals surface area contributed by atoms with Gasteiger partial charge in [-0.05, 0) is 43.4 Å². The maximum Gasteiger partial charge on any atom is 0.223 e. The average Bonchev–Trinajstić information content (AvgIpc) is 3.29. The summed E-state index contributed by atoms with van der Waals surface area (Å²) in [7, 11) is 0. The van der Waals surface area contributed by atoms with Crippen molar-refractivity contribution >= 4 is 5.91 Å². The molecule has 3 aromatic rings. The highest BCUT2D eigenvalue weighted by molar-refractivity contribution is 5.79. The van der Waals surface area contributed by atoms with Crippen LogP contribution in [0.3, 0.4) is 0 Å². The van der Waals surface area contributed by atoms with Crippen molar-refractivity contribution in [2.75, 3.05) is 6.54 Å². The Labute approximate surface area is 202 Å². The molecule has 5 heteroatoms. The number of carbonyl (C=O) groups excluding carboxylic acids is 1. The Morgan fingerprint density at radius 1 is 0.853 bits per heavy atom. The average molecular weight is 455 g/mol. The molecule has 176 valence electrons. The minimum absolute atomic E-state index is 0.0104. The van der Waals surface area contributed by atoms with Crippen LogP contribution in [0.25, 0.3) is 0 Å². The summed E-state index contributed by atoms with van der Waals surface area (Å²) in [5, 5.41) is 7.03. The molecule has 2 fully saturated rings. The zero-order valence-corrected chi connectivity index (χ0v) is 19.9. The third kappa shape index (κ3) is 4.92. The molecule has 34 heavy (non-hydrogen) atoms. The fraction of sp³-hybridized carbons (Fsp3) is 0.345. The minimum atomic E-state index is -0.109. The fourth-order valence-corrected chi connectivity index (χ4v) is 5.38. The topological polar surface area (TPSA) is 65.2 Å². The number of rotatable bonds is 6. The van der Waals surface area contributed by atoms with E-state index in [9.17, 15) is 4.79 Å². The summed E-state index contributed by atoms with van der Waals surface area (Å²) >= 11 is 0. The summed E-state index contributed by atoms with van der Waals surface area (Å²) < 4.78 is 0. The van der Waals surface area contributed by atoms with Crippen molar-refractivity contribution in [1.29, 1.82) is 0 Å². The van der Waals surface area contributed by atoms with E-state index in [-0.39, 0.29) is 36.0 Å². The van der Waals surface area contributed by atoms with Gasteiger partial charge in [-0.15, -0.1) is 0 Å². The molecule has 4 N–H and O–H groups in total. The number of carbonyl (C=O) groups is 1. The Balaban J connectivity index is 1.36. The number of hydrazine groups is 1. The number of hydrogen-bond donors (Lipinski definition) is 4. The number of piperidine rings is 1. The van der Waals surface area contributed by atoms with Gasteiger partial charge in [-0.25, -0.2) is 10.9 Å². The van der Waals surface area contributed by atoms with Crippen molar-refractivity contribution in [1.82, 2.24) is 21.5 Å². The molecular formula is C29H34N4O. The Hall–Kier alpha value is -2.99. The fourth-order valence-electron chi connectivity index (χ4n) is 5.38. The van der Waals surface area contributed by atoms with Crippen LogP contribution in [0, 0.1) is 25.7 Å². The van der Waals surface area contributed by atoms with Gasteiger partial charge in [0.25, 0.3) is 0 Å². The molecule has 2 aliphatic rings. The molecule has 0 bridgehead atoms. The lowest BCUT2D eigenvalue weighted by atomic mass is 9.74. The van der Waals surface area contributed by atoms with Gasteiger partial charge < -0.3 is 5.32 Å². The maximum absolute atomic E-state index is 13.6. The second-order valence-corrected chi connectivity index (χ2v) is 9.73. The molecule has 0 aromatic heterocycles. The zero-order chi connectivity index (χ0) is 23.5. The van der Waals surface area contributed by atoms with Crippen LogP contribution >= 0.6 is 0 Å². The maximum atomic E-state index is 13.6. The Morgan fingerprint density at radius 2 is 1.50 bits per heavy atom. The van der Waals surface area contributed by atoms with Crippen molar-refractivity contribution < 1.29 is 4.79 Å². The van der Waals surface area contributed by atoms with Crippen LogP contribution < -0.4 is 21.5 Å². The second kappa shape index (κ2) is 10.1. The summed E-state index contributed by atoms with van der Waals surface area (Å²) in [5.41, 5.74) is 13.1. The summed E-state index contributed by atoms with van der Waals surface area (Å²) in [6.45, 7) is 4.85.